The Morgan fingerprint density at radius 2 is 2.11 bits per heavy atom. The van der Waals surface area contributed by atoms with Crippen molar-refractivity contribution in [2.45, 2.75) is 18.6 Å². The molecule has 1 aliphatic rings. The first-order valence-corrected chi connectivity index (χ1v) is 7.91. The molecule has 1 saturated heterocycles. The van der Waals surface area contributed by atoms with Crippen LogP contribution in [0, 0.1) is 6.92 Å². The van der Waals surface area contributed by atoms with Crippen LogP contribution in [0.1, 0.15) is 12.0 Å². The van der Waals surface area contributed by atoms with Gasteiger partial charge >= 0.3 is 0 Å². The lowest BCUT2D eigenvalue weighted by Crippen LogP contribution is -2.27. The maximum Gasteiger partial charge on any atom is 0.237 e. The molecule has 2 heterocycles. The van der Waals surface area contributed by atoms with Crippen LogP contribution < -0.4 is 4.90 Å². The summed E-state index contributed by atoms with van der Waals surface area (Å²) in [5.74, 6) is 0.0232. The second-order valence-corrected chi connectivity index (χ2v) is 7.35. The topological polar surface area (TPSA) is 67.3 Å². The summed E-state index contributed by atoms with van der Waals surface area (Å²) in [6, 6.07) is 3.35. The number of hydrogen-bond acceptors (Lipinski definition) is 4. The molecule has 0 saturated carbocycles. The van der Waals surface area contributed by atoms with E-state index in [1.807, 2.05) is 0 Å². The number of nitrogens with zero attached hydrogens (tertiary/aromatic N) is 2. The molecule has 0 spiro atoms. The Bertz CT molecular complexity index is 603. The number of pyridine rings is 1. The molecule has 0 radical (unpaired) electrons. The molecule has 1 aromatic rings. The third-order valence-corrected chi connectivity index (χ3v) is 5.04. The Balaban J connectivity index is 2.30. The largest absolute Gasteiger partial charge is 0.295 e. The van der Waals surface area contributed by atoms with Crippen LogP contribution in [-0.4, -0.2) is 31.1 Å². The molecule has 2 rings (SSSR count). The van der Waals surface area contributed by atoms with Gasteiger partial charge in [-0.25, -0.2) is 13.4 Å². The summed E-state index contributed by atoms with van der Waals surface area (Å²) in [7, 11) is 1.52. The van der Waals surface area contributed by atoms with Crippen LogP contribution in [0.2, 0.25) is 5.15 Å². The molecular weight excluding hydrogens is 299 g/mol. The predicted octanol–water partition coefficient (Wildman–Crippen LogP) is 1.72. The monoisotopic (exact) mass is 308 g/mol. The second kappa shape index (κ2) is 4.68. The van der Waals surface area contributed by atoms with Gasteiger partial charge in [0, 0.05) is 23.6 Å². The zero-order chi connectivity index (χ0) is 13.5. The van der Waals surface area contributed by atoms with Gasteiger partial charge in [0.15, 0.2) is 0 Å². The van der Waals surface area contributed by atoms with Gasteiger partial charge in [-0.05, 0) is 18.6 Å². The molecule has 0 aromatic carbocycles. The molecule has 18 heavy (non-hydrogen) atoms. The third kappa shape index (κ3) is 2.60. The summed E-state index contributed by atoms with van der Waals surface area (Å²) in [5.41, 5.74) is 0.786. The molecule has 1 fully saturated rings. The van der Waals surface area contributed by atoms with Crippen molar-refractivity contribution in [2.75, 3.05) is 11.4 Å². The molecule has 0 bridgehead atoms. The highest BCUT2D eigenvalue weighted by Crippen LogP contribution is 2.27. The first-order valence-electron chi connectivity index (χ1n) is 5.16. The SMILES string of the molecule is Cc1ccc(N2CC(S(=O)(=O)Cl)CC2=O)nc1Cl. The Labute approximate surface area is 114 Å². The van der Waals surface area contributed by atoms with E-state index in [2.05, 4.69) is 4.98 Å². The van der Waals surface area contributed by atoms with Crippen LogP contribution >= 0.6 is 22.3 Å². The van der Waals surface area contributed by atoms with Crippen molar-refractivity contribution in [3.63, 3.8) is 0 Å². The predicted molar refractivity (Wildman–Crippen MR) is 69.5 cm³/mol. The van der Waals surface area contributed by atoms with Gasteiger partial charge in [0.1, 0.15) is 16.2 Å². The minimum Gasteiger partial charge on any atom is -0.295 e. The minimum absolute atomic E-state index is 0.0110. The van der Waals surface area contributed by atoms with Gasteiger partial charge in [-0.1, -0.05) is 17.7 Å². The summed E-state index contributed by atoms with van der Waals surface area (Å²) in [5, 5.41) is -0.606. The van der Waals surface area contributed by atoms with Crippen molar-refractivity contribution in [3.05, 3.63) is 22.8 Å². The van der Waals surface area contributed by atoms with E-state index >= 15 is 0 Å². The second-order valence-electron chi connectivity index (χ2n) is 4.08. The smallest absolute Gasteiger partial charge is 0.237 e. The van der Waals surface area contributed by atoms with E-state index < -0.39 is 14.3 Å². The molecule has 1 unspecified atom stereocenters. The van der Waals surface area contributed by atoms with E-state index in [1.165, 1.54) is 4.90 Å². The average molecular weight is 309 g/mol. The van der Waals surface area contributed by atoms with Gasteiger partial charge < -0.3 is 0 Å². The zero-order valence-electron chi connectivity index (χ0n) is 9.43. The highest BCUT2D eigenvalue weighted by molar-refractivity contribution is 8.14. The molecule has 98 valence electrons. The van der Waals surface area contributed by atoms with Gasteiger partial charge in [-0.3, -0.25) is 9.69 Å². The fourth-order valence-electron chi connectivity index (χ4n) is 1.73. The zero-order valence-corrected chi connectivity index (χ0v) is 11.8. The summed E-state index contributed by atoms with van der Waals surface area (Å²) < 4.78 is 22.4. The fraction of sp³-hybridized carbons (Fsp3) is 0.400. The van der Waals surface area contributed by atoms with Crippen molar-refractivity contribution in [2.24, 2.45) is 0 Å². The van der Waals surface area contributed by atoms with Gasteiger partial charge in [0.05, 0.1) is 0 Å². The minimum atomic E-state index is -3.75. The first kappa shape index (κ1) is 13.6. The van der Waals surface area contributed by atoms with Crippen LogP contribution in [0.4, 0.5) is 5.82 Å². The normalized spacial score (nSPS) is 20.5. The Morgan fingerprint density at radius 3 is 2.61 bits per heavy atom. The third-order valence-electron chi connectivity index (χ3n) is 2.78. The van der Waals surface area contributed by atoms with Crippen molar-refractivity contribution in [1.82, 2.24) is 4.98 Å². The van der Waals surface area contributed by atoms with E-state index in [4.69, 9.17) is 22.3 Å². The summed E-state index contributed by atoms with van der Waals surface area (Å²) >= 11 is 5.87. The Hall–Kier alpha value is -0.850. The number of halogens is 2. The van der Waals surface area contributed by atoms with E-state index in [-0.39, 0.29) is 24.0 Å². The maximum atomic E-state index is 11.7. The molecule has 1 aromatic heterocycles. The number of hydrogen-bond donors (Lipinski definition) is 0. The fourth-order valence-corrected chi connectivity index (χ4v) is 2.91. The lowest BCUT2D eigenvalue weighted by Gasteiger charge is -2.15. The van der Waals surface area contributed by atoms with Crippen LogP contribution in [-0.2, 0) is 13.8 Å². The van der Waals surface area contributed by atoms with E-state index in [9.17, 15) is 13.2 Å². The number of carbonyl (C=O) groups is 1. The van der Waals surface area contributed by atoms with Crippen molar-refractivity contribution in [3.8, 4) is 0 Å². The van der Waals surface area contributed by atoms with Gasteiger partial charge in [0.25, 0.3) is 0 Å². The molecule has 1 amide bonds. The van der Waals surface area contributed by atoms with Crippen molar-refractivity contribution in [1.29, 1.82) is 0 Å². The first-order chi connectivity index (χ1) is 8.29. The average Bonchev–Trinajstić information content (AvgIpc) is 2.64. The number of rotatable bonds is 2. The maximum absolute atomic E-state index is 11.7. The molecule has 1 aliphatic heterocycles. The molecule has 0 aliphatic carbocycles. The Morgan fingerprint density at radius 1 is 1.44 bits per heavy atom. The molecular formula is C10H10Cl2N2O3S. The summed E-state index contributed by atoms with van der Waals surface area (Å²) in [4.78, 5) is 17.1. The number of anilines is 1. The van der Waals surface area contributed by atoms with Crippen LogP contribution in [0.5, 0.6) is 0 Å². The highest BCUT2D eigenvalue weighted by atomic mass is 35.7. The lowest BCUT2D eigenvalue weighted by atomic mass is 10.3. The number of carbonyl (C=O) groups excluding carboxylic acids is 1. The lowest BCUT2D eigenvalue weighted by molar-refractivity contribution is -0.117. The van der Waals surface area contributed by atoms with Crippen LogP contribution in [0.25, 0.3) is 0 Å². The van der Waals surface area contributed by atoms with E-state index in [0.29, 0.717) is 5.82 Å². The number of aryl methyl sites for hydroxylation is 1. The van der Waals surface area contributed by atoms with E-state index in [1.54, 1.807) is 19.1 Å². The summed E-state index contributed by atoms with van der Waals surface area (Å²) in [6.45, 7) is 1.80. The van der Waals surface area contributed by atoms with Crippen LogP contribution in [0.15, 0.2) is 12.1 Å². The standard InChI is InChI=1S/C10H10Cl2N2O3S/c1-6-2-3-8(13-10(6)11)14-5-7(4-9(14)15)18(12,16)17/h2-3,7H,4-5H2,1H3. The van der Waals surface area contributed by atoms with Crippen molar-refractivity contribution < 1.29 is 13.2 Å². The molecule has 8 heteroatoms. The van der Waals surface area contributed by atoms with Crippen molar-refractivity contribution >= 4 is 43.1 Å². The number of aromatic nitrogens is 1. The Kier molecular flexibility index (Phi) is 3.53. The molecule has 5 nitrogen and oxygen atoms in total. The molecule has 0 N–H and O–H groups in total. The summed E-state index contributed by atoms with van der Waals surface area (Å²) in [6.07, 6.45) is -0.126. The van der Waals surface area contributed by atoms with Gasteiger partial charge in [0.2, 0.25) is 15.0 Å². The van der Waals surface area contributed by atoms with Gasteiger partial charge in [-0.15, -0.1) is 0 Å². The van der Waals surface area contributed by atoms with E-state index in [0.717, 1.165) is 5.56 Å². The van der Waals surface area contributed by atoms with Gasteiger partial charge in [-0.2, -0.15) is 0 Å². The number of amides is 1. The molecule has 1 atom stereocenters. The quantitative estimate of drug-likeness (QED) is 0.616. The highest BCUT2D eigenvalue weighted by Gasteiger charge is 2.38. The van der Waals surface area contributed by atoms with Crippen LogP contribution in [0.3, 0.4) is 0 Å².